The zero-order valence-corrected chi connectivity index (χ0v) is 15.9. The molecule has 0 N–H and O–H groups in total. The number of allylic oxidation sites excluding steroid dienone is 1. The van der Waals surface area contributed by atoms with Crippen LogP contribution in [0.1, 0.15) is 57.1 Å². The van der Waals surface area contributed by atoms with E-state index in [1.54, 1.807) is 5.57 Å². The van der Waals surface area contributed by atoms with Gasteiger partial charge < -0.3 is 9.80 Å². The first-order valence-electron chi connectivity index (χ1n) is 10.2. The molecule has 0 radical (unpaired) electrons. The summed E-state index contributed by atoms with van der Waals surface area (Å²) in [4.78, 5) is 17.1. The van der Waals surface area contributed by atoms with Crippen LogP contribution in [-0.2, 0) is 4.79 Å². The fourth-order valence-electron chi connectivity index (χ4n) is 4.81. The largest absolute Gasteiger partial charge is 0.355 e. The van der Waals surface area contributed by atoms with Gasteiger partial charge in [0.05, 0.1) is 5.69 Å². The predicted octanol–water partition coefficient (Wildman–Crippen LogP) is 3.49. The number of carbonyl (C=O) groups excluding carboxylic acids is 1. The fourth-order valence-corrected chi connectivity index (χ4v) is 4.81. The van der Waals surface area contributed by atoms with Gasteiger partial charge in [0.2, 0.25) is 5.91 Å². The Bertz CT molecular complexity index is 669. The molecule has 3 heterocycles. The van der Waals surface area contributed by atoms with Crippen LogP contribution in [0.25, 0.3) is 0 Å². The number of rotatable bonds is 4. The van der Waals surface area contributed by atoms with E-state index in [1.165, 1.54) is 25.7 Å². The first-order chi connectivity index (χ1) is 12.7. The second-order valence-corrected chi connectivity index (χ2v) is 8.08. The second kappa shape index (κ2) is 7.77. The molecule has 140 valence electrons. The van der Waals surface area contributed by atoms with E-state index in [1.807, 2.05) is 13.0 Å². The smallest absolute Gasteiger partial charge is 0.222 e. The normalized spacial score (nSPS) is 26.5. The van der Waals surface area contributed by atoms with Gasteiger partial charge in [0.1, 0.15) is 0 Å². The minimum Gasteiger partial charge on any atom is -0.355 e. The maximum absolute atomic E-state index is 12.6. The molecule has 2 atom stereocenters. The van der Waals surface area contributed by atoms with Crippen molar-refractivity contribution in [3.63, 3.8) is 0 Å². The SMILES string of the molecule is Cc1ccc(N2CC[C@@H]3[C@@H](CCC(=O)N3CCC3=CCCCC3)C2)nn1. The van der Waals surface area contributed by atoms with Gasteiger partial charge in [0.25, 0.3) is 0 Å². The van der Waals surface area contributed by atoms with Crippen molar-refractivity contribution in [3.8, 4) is 0 Å². The molecule has 2 saturated heterocycles. The van der Waals surface area contributed by atoms with E-state index >= 15 is 0 Å². The topological polar surface area (TPSA) is 49.3 Å². The number of piperidine rings is 2. The van der Waals surface area contributed by atoms with Crippen molar-refractivity contribution >= 4 is 11.7 Å². The number of fused-ring (bicyclic) bond motifs is 1. The summed E-state index contributed by atoms with van der Waals surface area (Å²) >= 11 is 0. The van der Waals surface area contributed by atoms with E-state index in [9.17, 15) is 4.79 Å². The number of carbonyl (C=O) groups is 1. The third kappa shape index (κ3) is 3.76. The molecule has 1 aromatic rings. The van der Waals surface area contributed by atoms with E-state index in [0.717, 1.165) is 50.4 Å². The van der Waals surface area contributed by atoms with Crippen LogP contribution in [0.15, 0.2) is 23.8 Å². The summed E-state index contributed by atoms with van der Waals surface area (Å²) in [6.07, 6.45) is 11.3. The Balaban J connectivity index is 1.40. The van der Waals surface area contributed by atoms with E-state index < -0.39 is 0 Å². The third-order valence-electron chi connectivity index (χ3n) is 6.31. The lowest BCUT2D eigenvalue weighted by molar-refractivity contribution is -0.139. The van der Waals surface area contributed by atoms with Crippen LogP contribution < -0.4 is 4.90 Å². The quantitative estimate of drug-likeness (QED) is 0.777. The highest BCUT2D eigenvalue weighted by molar-refractivity contribution is 5.77. The van der Waals surface area contributed by atoms with Gasteiger partial charge in [-0.1, -0.05) is 11.6 Å². The van der Waals surface area contributed by atoms with Crippen molar-refractivity contribution in [3.05, 3.63) is 29.5 Å². The van der Waals surface area contributed by atoms with Gasteiger partial charge in [-0.3, -0.25) is 4.79 Å². The molecular weight excluding hydrogens is 324 g/mol. The number of hydrogen-bond donors (Lipinski definition) is 0. The van der Waals surface area contributed by atoms with E-state index in [2.05, 4.69) is 32.1 Å². The van der Waals surface area contributed by atoms with Crippen molar-refractivity contribution in [2.75, 3.05) is 24.5 Å². The number of likely N-dealkylation sites (tertiary alicyclic amines) is 1. The molecule has 5 nitrogen and oxygen atoms in total. The maximum atomic E-state index is 12.6. The summed E-state index contributed by atoms with van der Waals surface area (Å²) in [7, 11) is 0. The highest BCUT2D eigenvalue weighted by atomic mass is 16.2. The van der Waals surface area contributed by atoms with Gasteiger partial charge in [0, 0.05) is 32.1 Å². The molecule has 2 fully saturated rings. The summed E-state index contributed by atoms with van der Waals surface area (Å²) < 4.78 is 0. The molecule has 1 aromatic heterocycles. The Morgan fingerprint density at radius 1 is 1.15 bits per heavy atom. The fraction of sp³-hybridized carbons (Fsp3) is 0.667. The number of aryl methyl sites for hydroxylation is 1. The molecule has 1 amide bonds. The lowest BCUT2D eigenvalue weighted by Gasteiger charge is -2.47. The minimum absolute atomic E-state index is 0.367. The van der Waals surface area contributed by atoms with Gasteiger partial charge in [-0.25, -0.2) is 0 Å². The lowest BCUT2D eigenvalue weighted by Crippen LogP contribution is -2.56. The molecule has 5 heteroatoms. The van der Waals surface area contributed by atoms with Gasteiger partial charge in [0.15, 0.2) is 5.82 Å². The summed E-state index contributed by atoms with van der Waals surface area (Å²) in [5.41, 5.74) is 2.52. The zero-order valence-electron chi connectivity index (χ0n) is 15.9. The molecule has 26 heavy (non-hydrogen) atoms. The molecule has 4 rings (SSSR count). The van der Waals surface area contributed by atoms with E-state index in [4.69, 9.17) is 0 Å². The van der Waals surface area contributed by atoms with Crippen molar-refractivity contribution in [2.24, 2.45) is 5.92 Å². The highest BCUT2D eigenvalue weighted by Gasteiger charge is 2.39. The molecule has 3 aliphatic rings. The van der Waals surface area contributed by atoms with Crippen molar-refractivity contribution < 1.29 is 4.79 Å². The Kier molecular flexibility index (Phi) is 5.23. The Morgan fingerprint density at radius 3 is 2.85 bits per heavy atom. The number of hydrogen-bond acceptors (Lipinski definition) is 4. The van der Waals surface area contributed by atoms with Gasteiger partial charge >= 0.3 is 0 Å². The highest BCUT2D eigenvalue weighted by Crippen LogP contribution is 2.33. The zero-order chi connectivity index (χ0) is 17.9. The average Bonchev–Trinajstić information content (AvgIpc) is 2.68. The number of aromatic nitrogens is 2. The molecule has 1 aliphatic carbocycles. The van der Waals surface area contributed by atoms with Crippen LogP contribution in [0.4, 0.5) is 5.82 Å². The number of anilines is 1. The summed E-state index contributed by atoms with van der Waals surface area (Å²) in [6, 6.07) is 4.52. The Hall–Kier alpha value is -1.91. The molecule has 0 aromatic carbocycles. The van der Waals surface area contributed by atoms with E-state index in [0.29, 0.717) is 24.3 Å². The second-order valence-electron chi connectivity index (χ2n) is 8.08. The lowest BCUT2D eigenvalue weighted by atomic mass is 9.83. The van der Waals surface area contributed by atoms with Crippen molar-refractivity contribution in [2.45, 2.75) is 64.3 Å². The standard InChI is InChI=1S/C21H30N4O/c1-16-7-9-20(23-22-16)24-13-12-19-18(15-24)8-10-21(26)25(19)14-11-17-5-3-2-4-6-17/h5,7,9,18-19H,2-4,6,8,10-15H2,1H3/t18-,19+/m0/s1. The molecule has 0 bridgehead atoms. The van der Waals surface area contributed by atoms with Crippen LogP contribution in [0, 0.1) is 12.8 Å². The summed E-state index contributed by atoms with van der Waals surface area (Å²) in [6.45, 7) is 4.84. The Morgan fingerprint density at radius 2 is 2.08 bits per heavy atom. The van der Waals surface area contributed by atoms with Gasteiger partial charge in [-0.15, -0.1) is 5.10 Å². The average molecular weight is 354 g/mol. The van der Waals surface area contributed by atoms with E-state index in [-0.39, 0.29) is 0 Å². The van der Waals surface area contributed by atoms with Gasteiger partial charge in [-0.2, -0.15) is 5.10 Å². The van der Waals surface area contributed by atoms with Crippen LogP contribution >= 0.6 is 0 Å². The molecular formula is C21H30N4O. The van der Waals surface area contributed by atoms with Crippen LogP contribution in [0.3, 0.4) is 0 Å². The maximum Gasteiger partial charge on any atom is 0.222 e. The van der Waals surface area contributed by atoms with Crippen molar-refractivity contribution in [1.82, 2.24) is 15.1 Å². The molecule has 2 aliphatic heterocycles. The van der Waals surface area contributed by atoms with Crippen molar-refractivity contribution in [1.29, 1.82) is 0 Å². The molecule has 0 spiro atoms. The molecule has 0 unspecified atom stereocenters. The molecule has 0 saturated carbocycles. The minimum atomic E-state index is 0.367. The van der Waals surface area contributed by atoms with Crippen LogP contribution in [0.2, 0.25) is 0 Å². The van der Waals surface area contributed by atoms with Gasteiger partial charge in [-0.05, 0) is 69.9 Å². The first-order valence-corrected chi connectivity index (χ1v) is 10.2. The summed E-state index contributed by atoms with van der Waals surface area (Å²) in [5.74, 6) is 1.90. The predicted molar refractivity (Wildman–Crippen MR) is 103 cm³/mol. The number of amides is 1. The Labute approximate surface area is 156 Å². The monoisotopic (exact) mass is 354 g/mol. The first kappa shape index (κ1) is 17.5. The third-order valence-corrected chi connectivity index (χ3v) is 6.31. The number of nitrogens with zero attached hydrogens (tertiary/aromatic N) is 4. The summed E-state index contributed by atoms with van der Waals surface area (Å²) in [5, 5.41) is 8.56. The van der Waals surface area contributed by atoms with Crippen LogP contribution in [-0.4, -0.2) is 46.7 Å². The van der Waals surface area contributed by atoms with Crippen LogP contribution in [0.5, 0.6) is 0 Å².